The Labute approximate surface area is 86.1 Å². The Hall–Kier alpha value is 0.01000. The molecule has 1 N–H and O–H groups in total. The maximum atomic E-state index is 3.46. The van der Waals surface area contributed by atoms with Crippen LogP contribution in [0, 0.1) is 0 Å². The van der Waals surface area contributed by atoms with Crippen LogP contribution in [-0.4, -0.2) is 13.3 Å². The van der Waals surface area contributed by atoms with Crippen molar-refractivity contribution in [3.05, 3.63) is 28.2 Å². The summed E-state index contributed by atoms with van der Waals surface area (Å²) in [6.45, 7) is 0.926. The van der Waals surface area contributed by atoms with E-state index in [9.17, 15) is 0 Å². The molecular weight excluding hydrogens is 234 g/mol. The predicted molar refractivity (Wildman–Crippen MR) is 58.7 cm³/mol. The van der Waals surface area contributed by atoms with Gasteiger partial charge in [-0.05, 0) is 37.1 Å². The molecule has 0 atom stereocenters. The highest BCUT2D eigenvalue weighted by Crippen LogP contribution is 2.23. The molecule has 0 aliphatic rings. The SMILES string of the molecule is CNCc1cc(Br)ccc1SC. The third-order valence-corrected chi connectivity index (χ3v) is 2.94. The Kier molecular flexibility index (Phi) is 4.12. The van der Waals surface area contributed by atoms with Crippen LogP contribution in [0.2, 0.25) is 0 Å². The van der Waals surface area contributed by atoms with Gasteiger partial charge < -0.3 is 5.32 Å². The van der Waals surface area contributed by atoms with Crippen molar-refractivity contribution in [2.75, 3.05) is 13.3 Å². The number of thioether (sulfide) groups is 1. The van der Waals surface area contributed by atoms with Crippen molar-refractivity contribution < 1.29 is 0 Å². The molecule has 0 heterocycles. The fraction of sp³-hybridized carbons (Fsp3) is 0.333. The molecule has 0 unspecified atom stereocenters. The van der Waals surface area contributed by atoms with Crippen LogP contribution in [0.1, 0.15) is 5.56 Å². The molecule has 0 spiro atoms. The standard InChI is InChI=1S/C9H12BrNS/c1-11-6-7-5-8(10)3-4-9(7)12-2/h3-5,11H,6H2,1-2H3. The third kappa shape index (κ3) is 2.51. The van der Waals surface area contributed by atoms with E-state index in [1.807, 2.05) is 7.05 Å². The Morgan fingerprint density at radius 2 is 2.25 bits per heavy atom. The molecule has 1 rings (SSSR count). The van der Waals surface area contributed by atoms with E-state index in [0.717, 1.165) is 11.0 Å². The van der Waals surface area contributed by atoms with Crippen molar-refractivity contribution in [1.29, 1.82) is 0 Å². The van der Waals surface area contributed by atoms with E-state index in [1.54, 1.807) is 11.8 Å². The van der Waals surface area contributed by atoms with Crippen molar-refractivity contribution in [3.63, 3.8) is 0 Å². The van der Waals surface area contributed by atoms with E-state index in [0.29, 0.717) is 0 Å². The first-order chi connectivity index (χ1) is 5.77. The summed E-state index contributed by atoms with van der Waals surface area (Å²) in [5.74, 6) is 0. The van der Waals surface area contributed by atoms with E-state index in [1.165, 1.54) is 10.5 Å². The fourth-order valence-corrected chi connectivity index (χ4v) is 2.08. The number of hydrogen-bond donors (Lipinski definition) is 1. The predicted octanol–water partition coefficient (Wildman–Crippen LogP) is 2.89. The number of hydrogen-bond acceptors (Lipinski definition) is 2. The maximum absolute atomic E-state index is 3.46. The highest BCUT2D eigenvalue weighted by Gasteiger charge is 2.00. The van der Waals surface area contributed by atoms with Gasteiger partial charge in [-0.15, -0.1) is 11.8 Å². The van der Waals surface area contributed by atoms with Crippen molar-refractivity contribution in [3.8, 4) is 0 Å². The minimum absolute atomic E-state index is 0.926. The highest BCUT2D eigenvalue weighted by atomic mass is 79.9. The molecule has 0 aromatic heterocycles. The van der Waals surface area contributed by atoms with Crippen molar-refractivity contribution in [2.45, 2.75) is 11.4 Å². The largest absolute Gasteiger partial charge is 0.316 e. The molecule has 3 heteroatoms. The summed E-state index contributed by atoms with van der Waals surface area (Å²) in [5.41, 5.74) is 1.35. The summed E-state index contributed by atoms with van der Waals surface area (Å²) in [4.78, 5) is 1.34. The smallest absolute Gasteiger partial charge is 0.0214 e. The molecule has 1 aromatic carbocycles. The Balaban J connectivity index is 2.95. The van der Waals surface area contributed by atoms with E-state index in [2.05, 4.69) is 45.7 Å². The average Bonchev–Trinajstić information content (AvgIpc) is 2.05. The summed E-state index contributed by atoms with van der Waals surface area (Å²) in [6.07, 6.45) is 2.10. The highest BCUT2D eigenvalue weighted by molar-refractivity contribution is 9.10. The number of nitrogens with one attached hydrogen (secondary N) is 1. The van der Waals surface area contributed by atoms with Gasteiger partial charge in [-0.1, -0.05) is 15.9 Å². The van der Waals surface area contributed by atoms with Gasteiger partial charge in [0.2, 0.25) is 0 Å². The van der Waals surface area contributed by atoms with Gasteiger partial charge in [0.25, 0.3) is 0 Å². The number of rotatable bonds is 3. The van der Waals surface area contributed by atoms with Crippen LogP contribution >= 0.6 is 27.7 Å². The zero-order valence-electron chi connectivity index (χ0n) is 7.23. The van der Waals surface area contributed by atoms with Crippen molar-refractivity contribution >= 4 is 27.7 Å². The average molecular weight is 246 g/mol. The summed E-state index contributed by atoms with van der Waals surface area (Å²) in [6, 6.07) is 6.37. The van der Waals surface area contributed by atoms with Crippen LogP contribution in [0.4, 0.5) is 0 Å². The Bertz CT molecular complexity index is 263. The van der Waals surface area contributed by atoms with E-state index in [-0.39, 0.29) is 0 Å². The van der Waals surface area contributed by atoms with Gasteiger partial charge in [-0.3, -0.25) is 0 Å². The summed E-state index contributed by atoms with van der Waals surface area (Å²) in [7, 11) is 1.96. The maximum Gasteiger partial charge on any atom is 0.0214 e. The zero-order chi connectivity index (χ0) is 8.97. The van der Waals surface area contributed by atoms with Crippen LogP contribution in [0.15, 0.2) is 27.6 Å². The van der Waals surface area contributed by atoms with E-state index < -0.39 is 0 Å². The summed E-state index contributed by atoms with van der Waals surface area (Å²) < 4.78 is 1.14. The Morgan fingerprint density at radius 3 is 2.83 bits per heavy atom. The van der Waals surface area contributed by atoms with E-state index in [4.69, 9.17) is 0 Å². The second kappa shape index (κ2) is 4.90. The lowest BCUT2D eigenvalue weighted by Gasteiger charge is -2.06. The molecule has 0 amide bonds. The third-order valence-electron chi connectivity index (χ3n) is 1.61. The molecule has 0 radical (unpaired) electrons. The monoisotopic (exact) mass is 245 g/mol. The lowest BCUT2D eigenvalue weighted by Crippen LogP contribution is -2.05. The lowest BCUT2D eigenvalue weighted by molar-refractivity contribution is 0.803. The molecule has 0 saturated heterocycles. The number of benzene rings is 1. The molecule has 0 fully saturated rings. The quantitative estimate of drug-likeness (QED) is 0.823. The molecule has 0 bridgehead atoms. The first-order valence-corrected chi connectivity index (χ1v) is 5.76. The van der Waals surface area contributed by atoms with Crippen molar-refractivity contribution in [2.24, 2.45) is 0 Å². The molecular formula is C9H12BrNS. The molecule has 12 heavy (non-hydrogen) atoms. The van der Waals surface area contributed by atoms with Gasteiger partial charge in [0.15, 0.2) is 0 Å². The van der Waals surface area contributed by atoms with Gasteiger partial charge in [0, 0.05) is 15.9 Å². The van der Waals surface area contributed by atoms with Gasteiger partial charge in [-0.25, -0.2) is 0 Å². The van der Waals surface area contributed by atoms with Gasteiger partial charge in [-0.2, -0.15) is 0 Å². The minimum Gasteiger partial charge on any atom is -0.316 e. The zero-order valence-corrected chi connectivity index (χ0v) is 9.63. The molecule has 0 saturated carbocycles. The second-order valence-electron chi connectivity index (χ2n) is 2.49. The lowest BCUT2D eigenvalue weighted by atomic mass is 10.2. The molecule has 1 aromatic rings. The molecule has 66 valence electrons. The minimum atomic E-state index is 0.926. The first kappa shape index (κ1) is 10.1. The summed E-state index contributed by atoms with van der Waals surface area (Å²) in [5, 5.41) is 3.15. The first-order valence-electron chi connectivity index (χ1n) is 3.75. The van der Waals surface area contributed by atoms with Gasteiger partial charge in [0.1, 0.15) is 0 Å². The van der Waals surface area contributed by atoms with Crippen LogP contribution in [0.3, 0.4) is 0 Å². The van der Waals surface area contributed by atoms with Crippen molar-refractivity contribution in [1.82, 2.24) is 5.32 Å². The second-order valence-corrected chi connectivity index (χ2v) is 4.25. The number of halogens is 1. The normalized spacial score (nSPS) is 10.2. The molecule has 1 nitrogen and oxygen atoms in total. The van der Waals surface area contributed by atoms with E-state index >= 15 is 0 Å². The fourth-order valence-electron chi connectivity index (χ4n) is 1.08. The topological polar surface area (TPSA) is 12.0 Å². The molecule has 0 aliphatic heterocycles. The van der Waals surface area contributed by atoms with Crippen LogP contribution in [0.5, 0.6) is 0 Å². The Morgan fingerprint density at radius 1 is 1.50 bits per heavy atom. The van der Waals surface area contributed by atoms with Crippen LogP contribution in [-0.2, 0) is 6.54 Å². The van der Waals surface area contributed by atoms with Gasteiger partial charge in [0.05, 0.1) is 0 Å². The molecule has 0 aliphatic carbocycles. The van der Waals surface area contributed by atoms with Crippen LogP contribution < -0.4 is 5.32 Å². The summed E-state index contributed by atoms with van der Waals surface area (Å²) >= 11 is 5.24. The van der Waals surface area contributed by atoms with Gasteiger partial charge >= 0.3 is 0 Å². The van der Waals surface area contributed by atoms with Crippen LogP contribution in [0.25, 0.3) is 0 Å².